The molecule has 18 heteroatoms. The third-order valence-corrected chi connectivity index (χ3v) is 10.2. The van der Waals surface area contributed by atoms with Crippen molar-refractivity contribution in [2.45, 2.75) is 51.0 Å². The number of fused-ring (bicyclic) bond motifs is 5. The van der Waals surface area contributed by atoms with Crippen LogP contribution in [0.25, 0.3) is 22.3 Å². The number of anilines is 1. The quantitative estimate of drug-likeness (QED) is 0.0712. The number of cyclic esters (lactones) is 1. The van der Waals surface area contributed by atoms with Crippen molar-refractivity contribution >= 4 is 52.1 Å². The van der Waals surface area contributed by atoms with Crippen LogP contribution in [0.5, 0.6) is 5.75 Å². The van der Waals surface area contributed by atoms with Crippen molar-refractivity contribution in [2.24, 2.45) is 0 Å². The van der Waals surface area contributed by atoms with Gasteiger partial charge in [-0.1, -0.05) is 37.3 Å². The van der Waals surface area contributed by atoms with Crippen molar-refractivity contribution in [3.8, 4) is 17.1 Å². The summed E-state index contributed by atoms with van der Waals surface area (Å²) in [6, 6.07) is 12.7. The highest BCUT2D eigenvalue weighted by Gasteiger charge is 2.45. The minimum Gasteiger partial charge on any atom is -0.490 e. The predicted octanol–water partition coefficient (Wildman–Crippen LogP) is -0.979. The second kappa shape index (κ2) is 15.8. The van der Waals surface area contributed by atoms with E-state index in [1.165, 1.54) is 0 Å². The fourth-order valence-corrected chi connectivity index (χ4v) is 7.28. The molecule has 5 heterocycles. The lowest BCUT2D eigenvalue weighted by Gasteiger charge is -2.31. The summed E-state index contributed by atoms with van der Waals surface area (Å²) in [5, 5.41) is 33.1. The van der Waals surface area contributed by atoms with E-state index in [-0.39, 0.29) is 49.3 Å². The number of carbonyl (C=O) groups is 6. The number of nitrogens with zero attached hydrogens (tertiary/aromatic N) is 2. The van der Waals surface area contributed by atoms with Gasteiger partial charge < -0.3 is 50.8 Å². The molecule has 4 aromatic rings. The molecule has 3 aliphatic rings. The molecular weight excluding hydrogens is 742 g/mol. The zero-order valence-electron chi connectivity index (χ0n) is 30.7. The molecule has 2 atom stereocenters. The van der Waals surface area contributed by atoms with Gasteiger partial charge in [0, 0.05) is 29.4 Å². The Balaban J connectivity index is 1.06. The number of rotatable bonds is 13. The van der Waals surface area contributed by atoms with Crippen molar-refractivity contribution in [1.29, 1.82) is 0 Å². The number of pyridine rings is 2. The van der Waals surface area contributed by atoms with Crippen LogP contribution in [0, 0.1) is 0 Å². The first-order valence-electron chi connectivity index (χ1n) is 18.2. The lowest BCUT2D eigenvalue weighted by Crippen LogP contribution is -2.52. The molecule has 2 aromatic heterocycles. The molecule has 2 aromatic carbocycles. The van der Waals surface area contributed by atoms with Crippen LogP contribution >= 0.6 is 0 Å². The lowest BCUT2D eigenvalue weighted by molar-refractivity contribution is -0.172. The van der Waals surface area contributed by atoms with Gasteiger partial charge in [0.1, 0.15) is 19.3 Å². The first-order valence-corrected chi connectivity index (χ1v) is 18.2. The molecule has 7 N–H and O–H groups in total. The number of carbonyl (C=O) groups excluding carboxylic acids is 6. The number of nitrogens with one attached hydrogen (secondary N) is 5. The average molecular weight is 782 g/mol. The van der Waals surface area contributed by atoms with Crippen LogP contribution in [-0.4, -0.2) is 94.2 Å². The van der Waals surface area contributed by atoms with Gasteiger partial charge in [-0.05, 0) is 35.7 Å². The summed E-state index contributed by atoms with van der Waals surface area (Å²) >= 11 is 0. The normalized spacial score (nSPS) is 16.5. The number of aliphatic hydroxyl groups is 2. The standard InChI is InChI=1S/C39H39N7O11/c1-2-39(55)24-13-28-34-22(17-46(28)37(53)23(24)19-57-38(39)54)21-10-11-56-35-26(9-8-25(45-34)33(21)35)43-31(50)16-42-36(52)27(12-20-6-4-3-5-7-20)44-30(49)15-40-29(48)14-41-32(51)18-47/h3-9,13,27,47,55H,2,10-12,14-19H2,1H3,(H,40,48)(H,41,51)(H,42,52)(H,43,50)(H,44,49)/t27-,39-/m0/s1. The third-order valence-electron chi connectivity index (χ3n) is 10.2. The van der Waals surface area contributed by atoms with Gasteiger partial charge in [-0.15, -0.1) is 0 Å². The molecular formula is C39H39N7O11. The molecule has 3 aliphatic heterocycles. The molecule has 0 aliphatic carbocycles. The van der Waals surface area contributed by atoms with Crippen LogP contribution in [0.3, 0.4) is 0 Å². The maximum absolute atomic E-state index is 13.7. The second-order valence-electron chi connectivity index (χ2n) is 13.7. The maximum atomic E-state index is 13.7. The second-order valence-corrected chi connectivity index (χ2v) is 13.7. The number of aromatic nitrogens is 2. The van der Waals surface area contributed by atoms with Gasteiger partial charge in [0.25, 0.3) is 5.56 Å². The third kappa shape index (κ3) is 7.51. The van der Waals surface area contributed by atoms with Crippen molar-refractivity contribution in [3.05, 3.63) is 86.7 Å². The Bertz CT molecular complexity index is 2400. The van der Waals surface area contributed by atoms with Gasteiger partial charge in [-0.2, -0.15) is 0 Å². The largest absolute Gasteiger partial charge is 0.490 e. The van der Waals surface area contributed by atoms with Crippen molar-refractivity contribution in [1.82, 2.24) is 30.8 Å². The predicted molar refractivity (Wildman–Crippen MR) is 201 cm³/mol. The Kier molecular flexibility index (Phi) is 10.7. The Morgan fingerprint density at radius 1 is 0.895 bits per heavy atom. The van der Waals surface area contributed by atoms with Gasteiger partial charge in [0.15, 0.2) is 11.4 Å². The summed E-state index contributed by atoms with van der Waals surface area (Å²) in [5.41, 5.74) is 2.39. The molecule has 0 radical (unpaired) electrons. The molecule has 0 fully saturated rings. The molecule has 0 spiro atoms. The number of aliphatic hydroxyl groups excluding tert-OH is 1. The number of benzene rings is 2. The highest BCUT2D eigenvalue weighted by molar-refractivity contribution is 6.03. The Labute approximate surface area is 323 Å². The summed E-state index contributed by atoms with van der Waals surface area (Å²) in [7, 11) is 0. The summed E-state index contributed by atoms with van der Waals surface area (Å²) in [6.45, 7) is -0.354. The van der Waals surface area contributed by atoms with Crippen LogP contribution in [0.2, 0.25) is 0 Å². The first-order chi connectivity index (χ1) is 27.4. The number of hydrogen-bond acceptors (Lipinski definition) is 12. The van der Waals surface area contributed by atoms with Crippen molar-refractivity contribution < 1.29 is 48.5 Å². The van der Waals surface area contributed by atoms with Crippen molar-refractivity contribution in [2.75, 3.05) is 38.2 Å². The lowest BCUT2D eigenvalue weighted by atomic mass is 9.86. The van der Waals surface area contributed by atoms with E-state index in [4.69, 9.17) is 19.6 Å². The molecule has 296 valence electrons. The zero-order valence-corrected chi connectivity index (χ0v) is 30.7. The molecule has 7 rings (SSSR count). The van der Waals surface area contributed by atoms with E-state index in [1.54, 1.807) is 60.0 Å². The Morgan fingerprint density at radius 2 is 1.63 bits per heavy atom. The zero-order chi connectivity index (χ0) is 40.4. The van der Waals surface area contributed by atoms with E-state index in [9.17, 15) is 38.7 Å². The molecule has 0 bridgehead atoms. The monoisotopic (exact) mass is 781 g/mol. The number of amides is 5. The Hall–Kier alpha value is -6.66. The number of esters is 1. The maximum Gasteiger partial charge on any atom is 0.343 e. The SMILES string of the molecule is CC[C@@]1(O)C(=O)OCc2c1cc1n(c2=O)Cc2c-1nc1ccc(NC(=O)CNC(=O)[C@H](Cc3ccccc3)NC(=O)CNC(=O)CNC(=O)CO)c3c1c2CCO3. The summed E-state index contributed by atoms with van der Waals surface area (Å²) < 4.78 is 12.8. The van der Waals surface area contributed by atoms with E-state index in [2.05, 4.69) is 26.6 Å². The topological polar surface area (TPSA) is 256 Å². The molecule has 57 heavy (non-hydrogen) atoms. The molecule has 0 saturated heterocycles. The highest BCUT2D eigenvalue weighted by atomic mass is 16.6. The molecule has 0 saturated carbocycles. The smallest absolute Gasteiger partial charge is 0.343 e. The van der Waals surface area contributed by atoms with E-state index < -0.39 is 73.4 Å². The van der Waals surface area contributed by atoms with E-state index in [0.717, 1.165) is 16.7 Å². The number of ether oxygens (including phenoxy) is 2. The average Bonchev–Trinajstić information content (AvgIpc) is 3.60. The molecule has 18 nitrogen and oxygen atoms in total. The first kappa shape index (κ1) is 38.6. The van der Waals surface area contributed by atoms with Gasteiger partial charge >= 0.3 is 5.97 Å². The van der Waals surface area contributed by atoms with Crippen LogP contribution in [0.4, 0.5) is 5.69 Å². The molecule has 5 amide bonds. The highest BCUT2D eigenvalue weighted by Crippen LogP contribution is 2.45. The van der Waals surface area contributed by atoms with E-state index >= 15 is 0 Å². The Morgan fingerprint density at radius 3 is 2.39 bits per heavy atom. The minimum atomic E-state index is -1.95. The summed E-state index contributed by atoms with van der Waals surface area (Å²) in [6.07, 6.45) is 0.587. The van der Waals surface area contributed by atoms with Crippen LogP contribution in [-0.2, 0) is 65.1 Å². The minimum absolute atomic E-state index is 0.0210. The van der Waals surface area contributed by atoms with Gasteiger partial charge in [0.05, 0.1) is 60.9 Å². The van der Waals surface area contributed by atoms with Gasteiger partial charge in [0.2, 0.25) is 29.5 Å². The van der Waals surface area contributed by atoms with Gasteiger partial charge in [-0.3, -0.25) is 28.8 Å². The van der Waals surface area contributed by atoms with Crippen LogP contribution < -0.4 is 36.9 Å². The fraction of sp³-hybridized carbons (Fsp3) is 0.333. The van der Waals surface area contributed by atoms with E-state index in [1.807, 2.05) is 0 Å². The van der Waals surface area contributed by atoms with E-state index in [0.29, 0.717) is 40.1 Å². The van der Waals surface area contributed by atoms with Crippen molar-refractivity contribution in [3.63, 3.8) is 0 Å². The van der Waals surface area contributed by atoms with Gasteiger partial charge in [-0.25, -0.2) is 9.78 Å². The fourth-order valence-electron chi connectivity index (χ4n) is 7.28. The molecule has 0 unspecified atom stereocenters. The van der Waals surface area contributed by atoms with Crippen LogP contribution in [0.1, 0.15) is 41.2 Å². The van der Waals surface area contributed by atoms with Crippen LogP contribution in [0.15, 0.2) is 53.3 Å². The summed E-state index contributed by atoms with van der Waals surface area (Å²) in [4.78, 5) is 93.7. The summed E-state index contributed by atoms with van der Waals surface area (Å²) in [5.74, 6) is -3.82. The number of hydrogen-bond donors (Lipinski definition) is 7.